The highest BCUT2D eigenvalue weighted by molar-refractivity contribution is 5.68. The molecule has 0 aliphatic heterocycles. The minimum atomic E-state index is -0.971. The summed E-state index contributed by atoms with van der Waals surface area (Å²) < 4.78 is 5.23. The number of carboxylic acid groups (broad SMARTS) is 1. The van der Waals surface area contributed by atoms with Crippen LogP contribution in [0.2, 0.25) is 0 Å². The van der Waals surface area contributed by atoms with Crippen molar-refractivity contribution in [3.8, 4) is 5.75 Å². The van der Waals surface area contributed by atoms with Crippen LogP contribution in [-0.2, 0) is 23.3 Å². The SMILES string of the molecule is CN(Cc1ccc(C(C)(C)C)cc1)Cc1cccc(OCC(=O)O)c1.Cc1cccnc1. The second-order valence-corrected chi connectivity index (χ2v) is 8.98. The fraction of sp³-hybridized carbons (Fsp3) is 0.333. The van der Waals surface area contributed by atoms with Gasteiger partial charge in [0.15, 0.2) is 6.61 Å². The quantitative estimate of drug-likeness (QED) is 0.534. The standard InChI is InChI=1S/C21H27NO3.C6H7N/c1-21(2,3)18-10-8-16(9-11-18)13-22(4)14-17-6-5-7-19(12-17)25-15-20(23)24;1-6-3-2-4-7-5-6/h5-12H,13-15H2,1-4H3,(H,23,24);2-5H,1H3. The highest BCUT2D eigenvalue weighted by Gasteiger charge is 2.13. The maximum absolute atomic E-state index is 10.6. The number of benzene rings is 2. The van der Waals surface area contributed by atoms with E-state index in [9.17, 15) is 4.79 Å². The average Bonchev–Trinajstić information content (AvgIpc) is 2.73. The third-order valence-electron chi connectivity index (χ3n) is 4.80. The van der Waals surface area contributed by atoms with E-state index in [2.05, 4.69) is 62.0 Å². The molecular weight excluding hydrogens is 400 g/mol. The van der Waals surface area contributed by atoms with Crippen LogP contribution in [0.25, 0.3) is 0 Å². The molecule has 0 fully saturated rings. The summed E-state index contributed by atoms with van der Waals surface area (Å²) in [5.41, 5.74) is 5.08. The molecule has 3 rings (SSSR count). The van der Waals surface area contributed by atoms with Crippen LogP contribution in [-0.4, -0.2) is 34.6 Å². The second kappa shape index (κ2) is 12.0. The molecule has 0 saturated heterocycles. The molecule has 2 aromatic carbocycles. The molecule has 0 aliphatic carbocycles. The van der Waals surface area contributed by atoms with Gasteiger partial charge in [-0.25, -0.2) is 4.79 Å². The van der Waals surface area contributed by atoms with Crippen LogP contribution >= 0.6 is 0 Å². The van der Waals surface area contributed by atoms with Crippen molar-refractivity contribution in [1.82, 2.24) is 9.88 Å². The van der Waals surface area contributed by atoms with Gasteiger partial charge in [0.2, 0.25) is 0 Å². The Bertz CT molecular complexity index is 964. The Kier molecular flexibility index (Phi) is 9.41. The van der Waals surface area contributed by atoms with Crippen molar-refractivity contribution in [2.24, 2.45) is 0 Å². The van der Waals surface area contributed by atoms with Crippen LogP contribution in [0.4, 0.5) is 0 Å². The van der Waals surface area contributed by atoms with Gasteiger partial charge in [-0.1, -0.05) is 63.2 Å². The molecule has 0 saturated carbocycles. The molecule has 1 heterocycles. The number of aromatic nitrogens is 1. The third-order valence-corrected chi connectivity index (χ3v) is 4.80. The van der Waals surface area contributed by atoms with Gasteiger partial charge in [0.25, 0.3) is 0 Å². The fourth-order valence-electron chi connectivity index (χ4n) is 3.12. The molecule has 1 aromatic heterocycles. The van der Waals surface area contributed by atoms with E-state index in [-0.39, 0.29) is 12.0 Å². The second-order valence-electron chi connectivity index (χ2n) is 8.98. The fourth-order valence-corrected chi connectivity index (χ4v) is 3.12. The highest BCUT2D eigenvalue weighted by Crippen LogP contribution is 2.22. The Labute approximate surface area is 191 Å². The Balaban J connectivity index is 0.000000439. The molecule has 1 N–H and O–H groups in total. The van der Waals surface area contributed by atoms with Crippen molar-refractivity contribution in [3.05, 3.63) is 95.3 Å². The van der Waals surface area contributed by atoms with Gasteiger partial charge < -0.3 is 9.84 Å². The summed E-state index contributed by atoms with van der Waals surface area (Å²) in [6, 6.07) is 20.3. The Morgan fingerprint density at radius 2 is 1.69 bits per heavy atom. The number of aliphatic carboxylic acids is 1. The van der Waals surface area contributed by atoms with Crippen LogP contribution in [0.3, 0.4) is 0 Å². The van der Waals surface area contributed by atoms with Crippen LogP contribution in [0.5, 0.6) is 5.75 Å². The van der Waals surface area contributed by atoms with E-state index in [1.165, 1.54) is 16.7 Å². The lowest BCUT2D eigenvalue weighted by Crippen LogP contribution is -2.18. The van der Waals surface area contributed by atoms with Crippen molar-refractivity contribution < 1.29 is 14.6 Å². The highest BCUT2D eigenvalue weighted by atomic mass is 16.5. The average molecular weight is 435 g/mol. The van der Waals surface area contributed by atoms with Gasteiger partial charge in [-0.3, -0.25) is 9.88 Å². The van der Waals surface area contributed by atoms with E-state index in [0.717, 1.165) is 18.7 Å². The number of hydrogen-bond donors (Lipinski definition) is 1. The van der Waals surface area contributed by atoms with Gasteiger partial charge in [-0.15, -0.1) is 0 Å². The zero-order valence-electron chi connectivity index (χ0n) is 19.7. The molecule has 32 heavy (non-hydrogen) atoms. The first-order valence-electron chi connectivity index (χ1n) is 10.7. The summed E-state index contributed by atoms with van der Waals surface area (Å²) in [5.74, 6) is -0.385. The first kappa shape index (κ1) is 25.1. The lowest BCUT2D eigenvalue weighted by molar-refractivity contribution is -0.139. The van der Waals surface area contributed by atoms with Gasteiger partial charge in [0.05, 0.1) is 0 Å². The summed E-state index contributed by atoms with van der Waals surface area (Å²) in [4.78, 5) is 16.7. The number of carbonyl (C=O) groups is 1. The Hall–Kier alpha value is -3.18. The molecule has 0 aliphatic rings. The molecule has 0 radical (unpaired) electrons. The summed E-state index contributed by atoms with van der Waals surface area (Å²) in [6.07, 6.45) is 3.60. The van der Waals surface area contributed by atoms with E-state index in [1.54, 1.807) is 12.3 Å². The minimum Gasteiger partial charge on any atom is -0.482 e. The maximum atomic E-state index is 10.6. The smallest absolute Gasteiger partial charge is 0.341 e. The van der Waals surface area contributed by atoms with Gasteiger partial charge in [-0.05, 0) is 59.8 Å². The zero-order chi connectivity index (χ0) is 23.6. The van der Waals surface area contributed by atoms with Gasteiger partial charge in [-0.2, -0.15) is 0 Å². The van der Waals surface area contributed by atoms with E-state index >= 15 is 0 Å². The lowest BCUT2D eigenvalue weighted by atomic mass is 9.87. The summed E-state index contributed by atoms with van der Waals surface area (Å²) in [5, 5.41) is 8.69. The molecule has 0 spiro atoms. The number of aryl methyl sites for hydroxylation is 1. The first-order valence-corrected chi connectivity index (χ1v) is 10.7. The van der Waals surface area contributed by atoms with Crippen molar-refractivity contribution in [2.75, 3.05) is 13.7 Å². The number of carboxylic acids is 1. The van der Waals surface area contributed by atoms with Gasteiger partial charge >= 0.3 is 5.97 Å². The summed E-state index contributed by atoms with van der Waals surface area (Å²) in [6.45, 7) is 9.97. The number of hydrogen-bond acceptors (Lipinski definition) is 4. The molecule has 0 bridgehead atoms. The van der Waals surface area contributed by atoms with E-state index < -0.39 is 5.97 Å². The lowest BCUT2D eigenvalue weighted by Gasteiger charge is -2.21. The predicted octanol–water partition coefficient (Wildman–Crippen LogP) is 5.47. The number of nitrogens with zero attached hydrogens (tertiary/aromatic N) is 2. The van der Waals surface area contributed by atoms with Crippen molar-refractivity contribution >= 4 is 5.97 Å². The van der Waals surface area contributed by atoms with Gasteiger partial charge in [0.1, 0.15) is 5.75 Å². The van der Waals surface area contributed by atoms with Crippen LogP contribution in [0, 0.1) is 6.92 Å². The van der Waals surface area contributed by atoms with Gasteiger partial charge in [0, 0.05) is 25.5 Å². The Morgan fingerprint density at radius 3 is 2.22 bits per heavy atom. The van der Waals surface area contributed by atoms with Crippen LogP contribution < -0.4 is 4.74 Å². The van der Waals surface area contributed by atoms with Crippen LogP contribution in [0.1, 0.15) is 43.0 Å². The predicted molar refractivity (Wildman–Crippen MR) is 129 cm³/mol. The molecule has 3 aromatic rings. The first-order chi connectivity index (χ1) is 15.1. The third kappa shape index (κ3) is 9.31. The van der Waals surface area contributed by atoms with E-state index in [4.69, 9.17) is 9.84 Å². The Morgan fingerprint density at radius 1 is 1.00 bits per heavy atom. The van der Waals surface area contributed by atoms with Crippen molar-refractivity contribution in [3.63, 3.8) is 0 Å². The summed E-state index contributed by atoms with van der Waals surface area (Å²) >= 11 is 0. The van der Waals surface area contributed by atoms with Crippen molar-refractivity contribution in [2.45, 2.75) is 46.2 Å². The zero-order valence-corrected chi connectivity index (χ0v) is 19.7. The monoisotopic (exact) mass is 434 g/mol. The molecule has 0 unspecified atom stereocenters. The number of pyridine rings is 1. The molecule has 5 heteroatoms. The summed E-state index contributed by atoms with van der Waals surface area (Å²) in [7, 11) is 2.07. The topological polar surface area (TPSA) is 62.7 Å². The van der Waals surface area contributed by atoms with Crippen molar-refractivity contribution in [1.29, 1.82) is 0 Å². The normalized spacial score (nSPS) is 10.9. The van der Waals surface area contributed by atoms with E-state index in [0.29, 0.717) is 5.75 Å². The maximum Gasteiger partial charge on any atom is 0.341 e. The number of rotatable bonds is 7. The van der Waals surface area contributed by atoms with E-state index in [1.807, 2.05) is 43.5 Å². The molecule has 5 nitrogen and oxygen atoms in total. The minimum absolute atomic E-state index is 0.167. The van der Waals surface area contributed by atoms with Crippen LogP contribution in [0.15, 0.2) is 73.1 Å². The largest absolute Gasteiger partial charge is 0.482 e. The molecular formula is C27H34N2O3. The molecule has 170 valence electrons. The molecule has 0 amide bonds. The molecule has 0 atom stereocenters. The number of ether oxygens (including phenoxy) is 1.